The van der Waals surface area contributed by atoms with Gasteiger partial charge >= 0.3 is 6.18 Å². The lowest BCUT2D eigenvalue weighted by atomic mass is 10.2. The summed E-state index contributed by atoms with van der Waals surface area (Å²) in [4.78, 5) is 2.90. The van der Waals surface area contributed by atoms with Crippen LogP contribution in [-0.2, 0) is 12.8 Å². The van der Waals surface area contributed by atoms with Gasteiger partial charge in [0, 0.05) is 22.7 Å². The summed E-state index contributed by atoms with van der Waals surface area (Å²) in [6, 6.07) is 8.97. The first-order valence-corrected chi connectivity index (χ1v) is 6.49. The molecule has 6 heteroatoms. The van der Waals surface area contributed by atoms with E-state index in [4.69, 9.17) is 4.74 Å². The van der Waals surface area contributed by atoms with Crippen molar-refractivity contribution in [2.45, 2.75) is 12.8 Å². The van der Waals surface area contributed by atoms with Crippen LogP contribution < -0.4 is 4.74 Å². The van der Waals surface area contributed by atoms with E-state index in [1.54, 1.807) is 12.3 Å². The fraction of sp³-hybridized carbons (Fsp3) is 0.125. The van der Waals surface area contributed by atoms with Crippen molar-refractivity contribution in [3.05, 3.63) is 65.6 Å². The molecule has 0 fully saturated rings. The molecule has 0 saturated heterocycles. The normalized spacial score (nSPS) is 11.8. The van der Waals surface area contributed by atoms with E-state index in [9.17, 15) is 17.6 Å². The van der Waals surface area contributed by atoms with Gasteiger partial charge in [-0.05, 0) is 36.4 Å². The molecule has 0 unspecified atom stereocenters. The molecule has 1 N–H and O–H groups in total. The number of alkyl halides is 3. The van der Waals surface area contributed by atoms with E-state index in [0.717, 1.165) is 23.1 Å². The quantitative estimate of drug-likeness (QED) is 0.684. The molecule has 0 radical (unpaired) electrons. The second-order valence-corrected chi connectivity index (χ2v) is 4.82. The average molecular weight is 309 g/mol. The minimum Gasteiger partial charge on any atom is -0.489 e. The molecule has 0 bridgehead atoms. The van der Waals surface area contributed by atoms with Gasteiger partial charge < -0.3 is 9.72 Å². The number of hydrogen-bond acceptors (Lipinski definition) is 1. The van der Waals surface area contributed by atoms with Crippen LogP contribution in [-0.4, -0.2) is 4.98 Å². The first-order valence-electron chi connectivity index (χ1n) is 6.49. The number of aromatic nitrogens is 1. The van der Waals surface area contributed by atoms with Gasteiger partial charge in [0.15, 0.2) is 0 Å². The fourth-order valence-corrected chi connectivity index (χ4v) is 2.20. The molecular weight excluding hydrogens is 298 g/mol. The maximum absolute atomic E-state index is 13.1. The summed E-state index contributed by atoms with van der Waals surface area (Å²) >= 11 is 0. The third-order valence-corrected chi connectivity index (χ3v) is 3.29. The molecule has 3 rings (SSSR count). The van der Waals surface area contributed by atoms with Gasteiger partial charge in [0.2, 0.25) is 0 Å². The van der Waals surface area contributed by atoms with Crippen molar-refractivity contribution in [3.63, 3.8) is 0 Å². The maximum Gasteiger partial charge on any atom is 0.416 e. The Morgan fingerprint density at radius 1 is 1.05 bits per heavy atom. The molecule has 0 atom stereocenters. The van der Waals surface area contributed by atoms with Gasteiger partial charge in [0.1, 0.15) is 18.2 Å². The molecule has 1 aromatic heterocycles. The molecule has 0 saturated carbocycles. The molecule has 114 valence electrons. The van der Waals surface area contributed by atoms with Crippen molar-refractivity contribution in [2.24, 2.45) is 0 Å². The third-order valence-electron chi connectivity index (χ3n) is 3.29. The number of benzene rings is 2. The Bertz CT molecular complexity index is 807. The first-order chi connectivity index (χ1) is 10.4. The van der Waals surface area contributed by atoms with Crippen molar-refractivity contribution in [1.82, 2.24) is 4.98 Å². The summed E-state index contributed by atoms with van der Waals surface area (Å²) in [6.07, 6.45) is -2.75. The van der Waals surface area contributed by atoms with Crippen molar-refractivity contribution < 1.29 is 22.3 Å². The average Bonchev–Trinajstić information content (AvgIpc) is 2.86. The Hall–Kier alpha value is -2.50. The minimum absolute atomic E-state index is 0.0902. The largest absolute Gasteiger partial charge is 0.489 e. The van der Waals surface area contributed by atoms with Crippen LogP contribution in [0.25, 0.3) is 10.9 Å². The van der Waals surface area contributed by atoms with Crippen molar-refractivity contribution in [1.29, 1.82) is 0 Å². The van der Waals surface area contributed by atoms with Crippen LogP contribution in [0.4, 0.5) is 17.6 Å². The number of ether oxygens (including phenoxy) is 1. The second kappa shape index (κ2) is 5.36. The highest BCUT2D eigenvalue weighted by molar-refractivity contribution is 5.83. The van der Waals surface area contributed by atoms with Gasteiger partial charge in [-0.2, -0.15) is 13.2 Å². The number of rotatable bonds is 3. The number of aromatic amines is 1. The molecule has 2 nitrogen and oxygen atoms in total. The zero-order valence-electron chi connectivity index (χ0n) is 11.2. The molecule has 0 aliphatic carbocycles. The Kier molecular flexibility index (Phi) is 3.52. The highest BCUT2D eigenvalue weighted by Crippen LogP contribution is 2.31. The number of H-pyrrole nitrogens is 1. The molecule has 0 aliphatic heterocycles. The van der Waals surface area contributed by atoms with Gasteiger partial charge in [-0.15, -0.1) is 0 Å². The van der Waals surface area contributed by atoms with Crippen LogP contribution >= 0.6 is 0 Å². The van der Waals surface area contributed by atoms with Gasteiger partial charge in [0.05, 0.1) is 5.56 Å². The summed E-state index contributed by atoms with van der Waals surface area (Å²) in [7, 11) is 0. The van der Waals surface area contributed by atoms with E-state index in [2.05, 4.69) is 4.98 Å². The van der Waals surface area contributed by atoms with Crippen molar-refractivity contribution in [2.75, 3.05) is 0 Å². The number of halogens is 4. The van der Waals surface area contributed by atoms with E-state index < -0.39 is 11.7 Å². The molecule has 2 aromatic carbocycles. The lowest BCUT2D eigenvalue weighted by Gasteiger charge is -2.10. The number of nitrogens with one attached hydrogen (secondary N) is 1. The molecule has 3 aromatic rings. The molecule has 0 amide bonds. The smallest absolute Gasteiger partial charge is 0.416 e. The predicted octanol–water partition coefficient (Wildman–Crippen LogP) is 4.90. The van der Waals surface area contributed by atoms with Crippen LogP contribution in [0.1, 0.15) is 11.1 Å². The summed E-state index contributed by atoms with van der Waals surface area (Å²) in [5, 5.41) is 0.772. The first kappa shape index (κ1) is 14.4. The van der Waals surface area contributed by atoms with Crippen LogP contribution in [0.2, 0.25) is 0 Å². The molecule has 22 heavy (non-hydrogen) atoms. The number of hydrogen-bond donors (Lipinski definition) is 1. The van der Waals surface area contributed by atoms with Crippen LogP contribution in [0, 0.1) is 5.82 Å². The standard InChI is InChI=1S/C16H11F4NO/c17-12-4-5-14-10(8-21-15(14)7-12)9-22-13-3-1-2-11(6-13)16(18,19)20/h1-8,21H,9H2. The molecule has 1 heterocycles. The highest BCUT2D eigenvalue weighted by atomic mass is 19.4. The fourth-order valence-electron chi connectivity index (χ4n) is 2.20. The van der Waals surface area contributed by atoms with Gasteiger partial charge in [0.25, 0.3) is 0 Å². The highest BCUT2D eigenvalue weighted by Gasteiger charge is 2.30. The summed E-state index contributed by atoms with van der Waals surface area (Å²) in [5.74, 6) is -0.231. The minimum atomic E-state index is -4.41. The Balaban J connectivity index is 1.80. The summed E-state index contributed by atoms with van der Waals surface area (Å²) < 4.78 is 56.4. The van der Waals surface area contributed by atoms with E-state index in [1.807, 2.05) is 0 Å². The topological polar surface area (TPSA) is 25.0 Å². The van der Waals surface area contributed by atoms with E-state index in [1.165, 1.54) is 24.3 Å². The van der Waals surface area contributed by atoms with E-state index in [0.29, 0.717) is 5.52 Å². The van der Waals surface area contributed by atoms with Crippen LogP contribution in [0.3, 0.4) is 0 Å². The Morgan fingerprint density at radius 2 is 1.86 bits per heavy atom. The Morgan fingerprint density at radius 3 is 2.64 bits per heavy atom. The van der Waals surface area contributed by atoms with E-state index in [-0.39, 0.29) is 18.2 Å². The predicted molar refractivity (Wildman–Crippen MR) is 74.0 cm³/mol. The van der Waals surface area contributed by atoms with Crippen molar-refractivity contribution >= 4 is 10.9 Å². The zero-order valence-corrected chi connectivity index (χ0v) is 11.2. The lowest BCUT2D eigenvalue weighted by Crippen LogP contribution is -2.05. The van der Waals surface area contributed by atoms with Gasteiger partial charge in [-0.25, -0.2) is 4.39 Å². The van der Waals surface area contributed by atoms with Gasteiger partial charge in [-0.3, -0.25) is 0 Å². The van der Waals surface area contributed by atoms with Crippen molar-refractivity contribution in [3.8, 4) is 5.75 Å². The summed E-state index contributed by atoms with van der Waals surface area (Å²) in [6.45, 7) is 0.0902. The lowest BCUT2D eigenvalue weighted by molar-refractivity contribution is -0.137. The molecule has 0 spiro atoms. The van der Waals surface area contributed by atoms with Crippen LogP contribution in [0.5, 0.6) is 5.75 Å². The van der Waals surface area contributed by atoms with Crippen LogP contribution in [0.15, 0.2) is 48.7 Å². The monoisotopic (exact) mass is 309 g/mol. The molecular formula is C16H11F4NO. The summed E-state index contributed by atoms with van der Waals surface area (Å²) in [5.41, 5.74) is 0.598. The second-order valence-electron chi connectivity index (χ2n) is 4.82. The molecule has 0 aliphatic rings. The number of fused-ring (bicyclic) bond motifs is 1. The zero-order chi connectivity index (χ0) is 15.7. The van der Waals surface area contributed by atoms with E-state index >= 15 is 0 Å². The maximum atomic E-state index is 13.1. The SMILES string of the molecule is Fc1ccc2c(COc3cccc(C(F)(F)F)c3)c[nH]c2c1. The Labute approximate surface area is 123 Å². The van der Waals surface area contributed by atoms with Gasteiger partial charge in [-0.1, -0.05) is 6.07 Å². The third kappa shape index (κ3) is 2.90.